The maximum atomic E-state index is 6.03. The Morgan fingerprint density at radius 3 is 2.71 bits per heavy atom. The Hall–Kier alpha value is -0.160. The van der Waals surface area contributed by atoms with Gasteiger partial charge in [-0.25, -0.2) is 0 Å². The molecule has 0 amide bonds. The van der Waals surface area contributed by atoms with E-state index in [1.165, 1.54) is 12.8 Å². The lowest BCUT2D eigenvalue weighted by atomic mass is 10.2. The second-order valence-corrected chi connectivity index (χ2v) is 4.65. The molecular weight excluding hydrogens is 216 g/mol. The minimum absolute atomic E-state index is 0.412. The minimum Gasteiger partial charge on any atom is -0.383 e. The molecule has 0 aromatic heterocycles. The van der Waals surface area contributed by atoms with Crippen molar-refractivity contribution in [3.8, 4) is 0 Å². The van der Waals surface area contributed by atoms with Gasteiger partial charge in [0.2, 0.25) is 0 Å². The van der Waals surface area contributed by atoms with Crippen molar-refractivity contribution in [1.29, 1.82) is 0 Å². The molecular formula is C13H28N2O2. The van der Waals surface area contributed by atoms with Gasteiger partial charge in [-0.15, -0.1) is 0 Å². The first-order chi connectivity index (χ1) is 8.30. The van der Waals surface area contributed by atoms with Crippen molar-refractivity contribution in [2.75, 3.05) is 46.4 Å². The lowest BCUT2D eigenvalue weighted by molar-refractivity contribution is 0.0201. The van der Waals surface area contributed by atoms with Crippen LogP contribution < -0.4 is 5.32 Å². The van der Waals surface area contributed by atoms with Crippen LogP contribution in [0.4, 0.5) is 0 Å². The Morgan fingerprint density at radius 1 is 1.29 bits per heavy atom. The zero-order chi connectivity index (χ0) is 12.5. The van der Waals surface area contributed by atoms with Crippen LogP contribution in [-0.4, -0.2) is 63.5 Å². The monoisotopic (exact) mass is 244 g/mol. The molecule has 1 aliphatic heterocycles. The van der Waals surface area contributed by atoms with Gasteiger partial charge in [-0.2, -0.15) is 0 Å². The van der Waals surface area contributed by atoms with Gasteiger partial charge in [0.1, 0.15) is 0 Å². The summed E-state index contributed by atoms with van der Waals surface area (Å²) < 4.78 is 11.2. The van der Waals surface area contributed by atoms with Crippen molar-refractivity contribution in [3.05, 3.63) is 0 Å². The third kappa shape index (κ3) is 5.82. The highest BCUT2D eigenvalue weighted by atomic mass is 16.5. The Labute approximate surface area is 106 Å². The van der Waals surface area contributed by atoms with Gasteiger partial charge < -0.3 is 14.8 Å². The van der Waals surface area contributed by atoms with Gasteiger partial charge in [0.15, 0.2) is 0 Å². The molecule has 2 atom stereocenters. The minimum atomic E-state index is 0.412. The molecule has 1 aliphatic rings. The van der Waals surface area contributed by atoms with Crippen molar-refractivity contribution >= 4 is 0 Å². The first-order valence-corrected chi connectivity index (χ1v) is 6.87. The molecule has 0 aliphatic carbocycles. The fraction of sp³-hybridized carbons (Fsp3) is 1.00. The maximum Gasteiger partial charge on any atom is 0.0707 e. The normalized spacial score (nSPS) is 24.7. The number of methoxy groups -OCH3 is 1. The second-order valence-electron chi connectivity index (χ2n) is 4.65. The Kier molecular flexibility index (Phi) is 7.77. The standard InChI is InChI=1S/C13H28N2O2/c1-4-14-10-12-6-7-13(17-12)11-15(5-2)8-9-16-3/h12-14H,4-11H2,1-3H3. The summed E-state index contributed by atoms with van der Waals surface area (Å²) in [5, 5.41) is 3.35. The fourth-order valence-electron chi connectivity index (χ4n) is 2.26. The molecule has 102 valence electrons. The molecule has 0 bridgehead atoms. The van der Waals surface area contributed by atoms with Crippen LogP contribution in [0.2, 0.25) is 0 Å². The summed E-state index contributed by atoms with van der Waals surface area (Å²) in [6.45, 7) is 10.3. The Balaban J connectivity index is 2.18. The predicted octanol–water partition coefficient (Wildman–Crippen LogP) is 1.11. The summed E-state index contributed by atoms with van der Waals surface area (Å²) in [4.78, 5) is 2.41. The SMILES string of the molecule is CCNCC1CCC(CN(CC)CCOC)O1. The summed E-state index contributed by atoms with van der Waals surface area (Å²) in [5.74, 6) is 0. The summed E-state index contributed by atoms with van der Waals surface area (Å²) >= 11 is 0. The van der Waals surface area contributed by atoms with Crippen molar-refractivity contribution in [2.45, 2.75) is 38.9 Å². The third-order valence-corrected chi connectivity index (χ3v) is 3.34. The molecule has 0 radical (unpaired) electrons. The fourth-order valence-corrected chi connectivity index (χ4v) is 2.26. The summed E-state index contributed by atoms with van der Waals surface area (Å²) in [6, 6.07) is 0. The number of rotatable bonds is 9. The highest BCUT2D eigenvalue weighted by Crippen LogP contribution is 2.20. The second kappa shape index (κ2) is 8.86. The number of nitrogens with zero attached hydrogens (tertiary/aromatic N) is 1. The van der Waals surface area contributed by atoms with Crippen LogP contribution >= 0.6 is 0 Å². The number of ether oxygens (including phenoxy) is 2. The summed E-state index contributed by atoms with van der Waals surface area (Å²) in [7, 11) is 1.76. The average Bonchev–Trinajstić information content (AvgIpc) is 2.79. The zero-order valence-corrected chi connectivity index (χ0v) is 11.6. The van der Waals surface area contributed by atoms with Crippen LogP contribution in [0.5, 0.6) is 0 Å². The lowest BCUT2D eigenvalue weighted by Crippen LogP contribution is -2.35. The van der Waals surface area contributed by atoms with Crippen LogP contribution in [0, 0.1) is 0 Å². The molecule has 1 saturated heterocycles. The van der Waals surface area contributed by atoms with Gasteiger partial charge in [-0.1, -0.05) is 13.8 Å². The van der Waals surface area contributed by atoms with Crippen LogP contribution in [0.3, 0.4) is 0 Å². The number of nitrogens with one attached hydrogen (secondary N) is 1. The van der Waals surface area contributed by atoms with Gasteiger partial charge in [-0.3, -0.25) is 4.90 Å². The zero-order valence-electron chi connectivity index (χ0n) is 11.6. The van der Waals surface area contributed by atoms with E-state index in [1.807, 2.05) is 0 Å². The molecule has 2 unspecified atom stereocenters. The van der Waals surface area contributed by atoms with Crippen molar-refractivity contribution in [3.63, 3.8) is 0 Å². The van der Waals surface area contributed by atoms with Gasteiger partial charge in [-0.05, 0) is 25.9 Å². The molecule has 0 aromatic carbocycles. The maximum absolute atomic E-state index is 6.03. The van der Waals surface area contributed by atoms with Gasteiger partial charge in [0, 0.05) is 26.7 Å². The highest BCUT2D eigenvalue weighted by Gasteiger charge is 2.25. The van der Waals surface area contributed by atoms with Crippen molar-refractivity contribution in [1.82, 2.24) is 10.2 Å². The molecule has 1 N–H and O–H groups in total. The van der Waals surface area contributed by atoms with Crippen molar-refractivity contribution < 1.29 is 9.47 Å². The van der Waals surface area contributed by atoms with Gasteiger partial charge >= 0.3 is 0 Å². The topological polar surface area (TPSA) is 33.7 Å². The van der Waals surface area contributed by atoms with Crippen LogP contribution in [0.1, 0.15) is 26.7 Å². The van der Waals surface area contributed by atoms with E-state index < -0.39 is 0 Å². The molecule has 1 heterocycles. The smallest absolute Gasteiger partial charge is 0.0707 e. The van der Waals surface area contributed by atoms with Gasteiger partial charge in [0.05, 0.1) is 18.8 Å². The molecule has 4 heteroatoms. The first-order valence-electron chi connectivity index (χ1n) is 6.87. The average molecular weight is 244 g/mol. The largest absolute Gasteiger partial charge is 0.383 e. The van der Waals surface area contributed by atoms with Crippen LogP contribution in [0.25, 0.3) is 0 Å². The molecule has 1 rings (SSSR count). The van der Waals surface area contributed by atoms with E-state index in [4.69, 9.17) is 9.47 Å². The molecule has 17 heavy (non-hydrogen) atoms. The predicted molar refractivity (Wildman–Crippen MR) is 70.4 cm³/mol. The molecule has 1 fully saturated rings. The summed E-state index contributed by atoms with van der Waals surface area (Å²) in [6.07, 6.45) is 3.22. The molecule has 0 spiro atoms. The summed E-state index contributed by atoms with van der Waals surface area (Å²) in [5.41, 5.74) is 0. The van der Waals surface area contributed by atoms with E-state index in [0.29, 0.717) is 12.2 Å². The van der Waals surface area contributed by atoms with Crippen LogP contribution in [0.15, 0.2) is 0 Å². The van der Waals surface area contributed by atoms with Gasteiger partial charge in [0.25, 0.3) is 0 Å². The molecule has 0 saturated carbocycles. The first kappa shape index (κ1) is 14.9. The molecule has 0 aromatic rings. The van der Waals surface area contributed by atoms with E-state index in [2.05, 4.69) is 24.1 Å². The number of hydrogen-bond acceptors (Lipinski definition) is 4. The van der Waals surface area contributed by atoms with Crippen molar-refractivity contribution in [2.24, 2.45) is 0 Å². The van der Waals surface area contributed by atoms with E-state index in [1.54, 1.807) is 7.11 Å². The number of hydrogen-bond donors (Lipinski definition) is 1. The van der Waals surface area contributed by atoms with E-state index in [-0.39, 0.29) is 0 Å². The third-order valence-electron chi connectivity index (χ3n) is 3.34. The Bertz CT molecular complexity index is 190. The van der Waals surface area contributed by atoms with Crippen LogP contribution in [-0.2, 0) is 9.47 Å². The highest BCUT2D eigenvalue weighted by molar-refractivity contribution is 4.77. The number of likely N-dealkylation sites (N-methyl/N-ethyl adjacent to an activating group) is 2. The Morgan fingerprint density at radius 2 is 2.06 bits per heavy atom. The lowest BCUT2D eigenvalue weighted by Gasteiger charge is -2.24. The quantitative estimate of drug-likeness (QED) is 0.659. The molecule has 4 nitrogen and oxygen atoms in total. The van der Waals surface area contributed by atoms with E-state index >= 15 is 0 Å². The van der Waals surface area contributed by atoms with E-state index in [0.717, 1.165) is 39.3 Å². The van der Waals surface area contributed by atoms with E-state index in [9.17, 15) is 0 Å².